The van der Waals surface area contributed by atoms with Gasteiger partial charge in [-0.05, 0) is 97.2 Å². The fourth-order valence-electron chi connectivity index (χ4n) is 6.77. The predicted molar refractivity (Wildman–Crippen MR) is 194 cm³/mol. The van der Waals surface area contributed by atoms with Gasteiger partial charge in [0.2, 0.25) is 0 Å². The van der Waals surface area contributed by atoms with E-state index in [4.69, 9.17) is 21.9 Å². The number of carbonyl (C=O) groups excluding carboxylic acids is 2. The van der Waals surface area contributed by atoms with Gasteiger partial charge in [0, 0.05) is 37.6 Å². The van der Waals surface area contributed by atoms with E-state index in [0.717, 1.165) is 61.0 Å². The van der Waals surface area contributed by atoms with Crippen molar-refractivity contribution in [2.45, 2.75) is 94.7 Å². The number of fused-ring (bicyclic) bond motifs is 1. The van der Waals surface area contributed by atoms with E-state index in [9.17, 15) is 19.5 Å². The maximum absolute atomic E-state index is 12.1. The molecular weight excluding hydrogens is 620 g/mol. The molecule has 1 aliphatic rings. The van der Waals surface area contributed by atoms with E-state index >= 15 is 0 Å². The van der Waals surface area contributed by atoms with Crippen LogP contribution in [-0.2, 0) is 20.8 Å². The molecule has 0 spiro atoms. The Bertz CT molecular complexity index is 1560. The number of aromatic nitrogens is 1. The standard InChI is InChI=1S/C38H51N6O5/c39-32(14-9-27(25-47)4-3-20-45)6-1-5-28(30-12-11-29-10-8-26(17-21-46)22-31(29)23-30)13-15-34(43-36-7-2-18-41-36)33(24-37(48)49)35-16-19-42-38(40)44-35/h2,7-8,10-12,18,21-25,27-28,32,34-35,41,45H,1,3-6,9,13-17,19-20,39H2,(H,48,49)(H3,40,42,44)/q-1. The van der Waals surface area contributed by atoms with E-state index in [-0.39, 0.29) is 30.5 Å². The van der Waals surface area contributed by atoms with Crippen molar-refractivity contribution in [3.63, 3.8) is 0 Å². The number of carboxylic acid groups (broad SMARTS) is 1. The molecule has 0 bridgehead atoms. The largest absolute Gasteiger partial charge is 0.478 e. The number of carboxylic acids is 1. The van der Waals surface area contributed by atoms with Gasteiger partial charge in [-0.3, -0.25) is 4.99 Å². The smallest absolute Gasteiger partial charge is 0.328 e. The Hall–Kier alpha value is -4.48. The van der Waals surface area contributed by atoms with Crippen LogP contribution in [0.5, 0.6) is 0 Å². The van der Waals surface area contributed by atoms with Crippen molar-refractivity contribution in [1.82, 2.24) is 10.3 Å². The highest BCUT2D eigenvalue weighted by Gasteiger charge is 2.26. The molecule has 2 heterocycles. The van der Waals surface area contributed by atoms with Gasteiger partial charge in [0.1, 0.15) is 12.6 Å². The van der Waals surface area contributed by atoms with Crippen LogP contribution in [-0.4, -0.2) is 71.0 Å². The highest BCUT2D eigenvalue weighted by Crippen LogP contribution is 2.36. The first-order chi connectivity index (χ1) is 23.8. The second kappa shape index (κ2) is 19.5. The number of benzene rings is 2. The van der Waals surface area contributed by atoms with Gasteiger partial charge < -0.3 is 46.9 Å². The number of nitrogens with zero attached hydrogens (tertiary/aromatic N) is 2. The molecule has 49 heavy (non-hydrogen) atoms. The lowest BCUT2D eigenvalue weighted by atomic mass is 9.83. The number of aldehydes is 2. The summed E-state index contributed by atoms with van der Waals surface area (Å²) in [5.41, 5.74) is 15.3. The van der Waals surface area contributed by atoms with Crippen LogP contribution in [0.1, 0.15) is 81.3 Å². The quantitative estimate of drug-likeness (QED) is 0.0603. The molecule has 0 amide bonds. The van der Waals surface area contributed by atoms with Crippen LogP contribution < -0.4 is 16.8 Å². The summed E-state index contributed by atoms with van der Waals surface area (Å²) in [6.07, 6.45) is 12.6. The zero-order chi connectivity index (χ0) is 35.0. The summed E-state index contributed by atoms with van der Waals surface area (Å²) in [5.74, 6) is -0.0251. The third-order valence-electron chi connectivity index (χ3n) is 9.44. The summed E-state index contributed by atoms with van der Waals surface area (Å²) in [6, 6.07) is 15.5. The lowest BCUT2D eigenvalue weighted by Crippen LogP contribution is -2.46. The Kier molecular flexibility index (Phi) is 14.9. The Morgan fingerprint density at radius 2 is 1.84 bits per heavy atom. The minimum Gasteiger partial charge on any atom is -0.478 e. The van der Waals surface area contributed by atoms with Crippen molar-refractivity contribution in [2.24, 2.45) is 22.4 Å². The first-order valence-corrected chi connectivity index (χ1v) is 17.4. The van der Waals surface area contributed by atoms with Gasteiger partial charge in [-0.2, -0.15) is 0 Å². The number of aliphatic carboxylic acids is 1. The Labute approximate surface area is 288 Å². The number of guanidine groups is 1. The average Bonchev–Trinajstić information content (AvgIpc) is 3.61. The number of aliphatic hydroxyl groups excluding tert-OH is 1. The molecule has 11 nitrogen and oxygen atoms in total. The molecule has 0 radical (unpaired) electrons. The summed E-state index contributed by atoms with van der Waals surface area (Å²) in [4.78, 5) is 42.2. The van der Waals surface area contributed by atoms with Gasteiger partial charge in [-0.25, -0.2) is 4.79 Å². The highest BCUT2D eigenvalue weighted by molar-refractivity contribution is 5.85. The lowest BCUT2D eigenvalue weighted by molar-refractivity contribution is -0.131. The van der Waals surface area contributed by atoms with Gasteiger partial charge in [-0.15, -0.1) is 0 Å². The zero-order valence-corrected chi connectivity index (χ0v) is 28.2. The molecule has 4 rings (SSSR count). The molecule has 11 heteroatoms. The van der Waals surface area contributed by atoms with Crippen LogP contribution in [0.2, 0.25) is 0 Å². The Morgan fingerprint density at radius 3 is 2.55 bits per heavy atom. The number of aromatic amines is 1. The molecule has 3 aromatic rings. The van der Waals surface area contributed by atoms with E-state index in [1.165, 1.54) is 11.6 Å². The summed E-state index contributed by atoms with van der Waals surface area (Å²) in [7, 11) is 0. The molecule has 0 saturated heterocycles. The van der Waals surface area contributed by atoms with Gasteiger partial charge in [-0.1, -0.05) is 67.0 Å². The predicted octanol–water partition coefficient (Wildman–Crippen LogP) is 5.40. The average molecular weight is 672 g/mol. The van der Waals surface area contributed by atoms with Crippen molar-refractivity contribution >= 4 is 41.1 Å². The van der Waals surface area contributed by atoms with Gasteiger partial charge in [0.25, 0.3) is 0 Å². The maximum Gasteiger partial charge on any atom is 0.328 e. The summed E-state index contributed by atoms with van der Waals surface area (Å²) in [6.45, 7) is 0.577. The summed E-state index contributed by atoms with van der Waals surface area (Å²) in [5, 5.41) is 29.4. The van der Waals surface area contributed by atoms with Gasteiger partial charge >= 0.3 is 5.97 Å². The minimum atomic E-state index is -1.04. The molecule has 8 N–H and O–H groups in total. The van der Waals surface area contributed by atoms with Crippen molar-refractivity contribution in [3.8, 4) is 0 Å². The van der Waals surface area contributed by atoms with Crippen LogP contribution in [0.15, 0.2) is 71.4 Å². The third kappa shape index (κ3) is 11.9. The van der Waals surface area contributed by atoms with Crippen molar-refractivity contribution < 1.29 is 24.6 Å². The molecule has 0 saturated carbocycles. The monoisotopic (exact) mass is 671 g/mol. The number of nitrogens with one attached hydrogen (secondary N) is 2. The van der Waals surface area contributed by atoms with Crippen molar-refractivity contribution in [3.05, 3.63) is 82.8 Å². The normalized spacial score (nSPS) is 17.4. The zero-order valence-electron chi connectivity index (χ0n) is 28.2. The van der Waals surface area contributed by atoms with Crippen LogP contribution in [0.3, 0.4) is 0 Å². The number of rotatable bonds is 22. The van der Waals surface area contributed by atoms with E-state index < -0.39 is 12.0 Å². The molecule has 0 aliphatic carbocycles. The third-order valence-corrected chi connectivity index (χ3v) is 9.44. The fourth-order valence-corrected chi connectivity index (χ4v) is 6.77. The molecular formula is C38H51N6O5-. The molecule has 1 aliphatic heterocycles. The number of aliphatic imine (C=N–C) groups is 1. The van der Waals surface area contributed by atoms with Crippen LogP contribution in [0, 0.1) is 5.92 Å². The first-order valence-electron chi connectivity index (χ1n) is 17.4. The van der Waals surface area contributed by atoms with Crippen LogP contribution in [0.4, 0.5) is 5.82 Å². The number of carbonyl (C=O) groups is 3. The Morgan fingerprint density at radius 1 is 1.00 bits per heavy atom. The van der Waals surface area contributed by atoms with E-state index in [1.807, 2.05) is 24.3 Å². The molecule has 1 aromatic heterocycles. The van der Waals surface area contributed by atoms with Gasteiger partial charge in [0.15, 0.2) is 5.96 Å². The number of hydrogen-bond acceptors (Lipinski definition) is 8. The molecule has 2 aromatic carbocycles. The van der Waals surface area contributed by atoms with Crippen LogP contribution in [0.25, 0.3) is 16.1 Å². The second-order valence-electron chi connectivity index (χ2n) is 13.1. The molecule has 5 unspecified atom stereocenters. The molecule has 5 atom stereocenters. The van der Waals surface area contributed by atoms with Gasteiger partial charge in [0.05, 0.1) is 6.04 Å². The minimum absolute atomic E-state index is 0.0371. The lowest BCUT2D eigenvalue weighted by Gasteiger charge is -2.35. The maximum atomic E-state index is 12.1. The van der Waals surface area contributed by atoms with E-state index in [1.54, 1.807) is 6.20 Å². The van der Waals surface area contributed by atoms with Crippen molar-refractivity contribution in [2.75, 3.05) is 13.2 Å². The topological polar surface area (TPSA) is 198 Å². The fraction of sp³-hybridized carbons (Fsp3) is 0.474. The molecule has 264 valence electrons. The molecule has 0 fully saturated rings. The summed E-state index contributed by atoms with van der Waals surface area (Å²) < 4.78 is 0. The second-order valence-corrected chi connectivity index (χ2v) is 13.1. The number of nitrogens with two attached hydrogens (primary N) is 2. The Balaban J connectivity index is 1.56. The number of aliphatic hydroxyl groups is 1. The van der Waals surface area contributed by atoms with E-state index in [0.29, 0.717) is 62.4 Å². The number of hydrogen-bond donors (Lipinski definition) is 6. The van der Waals surface area contributed by atoms with Crippen LogP contribution >= 0.6 is 0 Å². The SMILES string of the molecule is NC1=NCCC(C(=CC(=O)O)C(CCC(CCCC(N)CCC(C=O)CCCO)c2ccc3ccc(CC=O)cc3c2)[N-]c2ccc[nH]2)N1. The summed E-state index contributed by atoms with van der Waals surface area (Å²) >= 11 is 0. The van der Waals surface area contributed by atoms with E-state index in [2.05, 4.69) is 39.6 Å². The highest BCUT2D eigenvalue weighted by atomic mass is 16.4. The first kappa shape index (κ1) is 37.3. The van der Waals surface area contributed by atoms with Crippen molar-refractivity contribution in [1.29, 1.82) is 0 Å². The number of H-pyrrole nitrogens is 1.